The summed E-state index contributed by atoms with van der Waals surface area (Å²) in [5.41, 5.74) is 2.31. The van der Waals surface area contributed by atoms with Crippen molar-refractivity contribution in [2.75, 3.05) is 6.54 Å². The van der Waals surface area contributed by atoms with Crippen molar-refractivity contribution >= 4 is 22.1 Å². The van der Waals surface area contributed by atoms with Crippen LogP contribution in [0.3, 0.4) is 0 Å². The Balaban J connectivity index is 1.91. The van der Waals surface area contributed by atoms with Gasteiger partial charge in [-0.1, -0.05) is 49.4 Å². The molecule has 0 spiro atoms. The number of aromatic nitrogens is 1. The maximum atomic E-state index is 4.76. The Bertz CT molecular complexity index is 698. The fourth-order valence-electron chi connectivity index (χ4n) is 2.34. The first-order chi connectivity index (χ1) is 9.88. The quantitative estimate of drug-likeness (QED) is 0.699. The number of hydrogen-bond donors (Lipinski definition) is 1. The molecule has 0 bridgehead atoms. The van der Waals surface area contributed by atoms with Gasteiger partial charge >= 0.3 is 0 Å². The third-order valence-corrected chi connectivity index (χ3v) is 4.17. The highest BCUT2D eigenvalue weighted by molar-refractivity contribution is 7.09. The van der Waals surface area contributed by atoms with E-state index in [0.717, 1.165) is 30.2 Å². The van der Waals surface area contributed by atoms with Crippen LogP contribution in [0.5, 0.6) is 0 Å². The van der Waals surface area contributed by atoms with Gasteiger partial charge in [0.2, 0.25) is 0 Å². The Labute approximate surface area is 123 Å². The second-order valence-corrected chi connectivity index (χ2v) is 5.77. The first-order valence-corrected chi connectivity index (χ1v) is 7.89. The van der Waals surface area contributed by atoms with Crippen LogP contribution >= 0.6 is 11.3 Å². The van der Waals surface area contributed by atoms with Gasteiger partial charge in [0.15, 0.2) is 0 Å². The standard InChI is InChI=1S/C17H18N2S/c1-2-10-18-11-17-19-16(12-20-17)15-9-5-7-13-6-3-4-8-14(13)15/h3-9,12,18H,2,10-11H2,1H3. The maximum absolute atomic E-state index is 4.76. The Morgan fingerprint density at radius 2 is 1.95 bits per heavy atom. The summed E-state index contributed by atoms with van der Waals surface area (Å²) in [6.45, 7) is 4.09. The Kier molecular flexibility index (Phi) is 4.09. The van der Waals surface area contributed by atoms with Crippen LogP contribution in [0, 0.1) is 0 Å². The van der Waals surface area contributed by atoms with Gasteiger partial charge in [0.05, 0.1) is 5.69 Å². The lowest BCUT2D eigenvalue weighted by Crippen LogP contribution is -2.13. The minimum absolute atomic E-state index is 0.864. The van der Waals surface area contributed by atoms with Gasteiger partial charge in [0, 0.05) is 17.5 Å². The first kappa shape index (κ1) is 13.3. The molecule has 0 fully saturated rings. The molecule has 3 rings (SSSR count). The van der Waals surface area contributed by atoms with Gasteiger partial charge in [-0.15, -0.1) is 11.3 Å². The lowest BCUT2D eigenvalue weighted by atomic mass is 10.0. The van der Waals surface area contributed by atoms with E-state index in [2.05, 4.69) is 60.1 Å². The molecule has 1 N–H and O–H groups in total. The largest absolute Gasteiger partial charge is 0.310 e. The minimum atomic E-state index is 0.864. The monoisotopic (exact) mass is 282 g/mol. The van der Waals surface area contributed by atoms with Crippen LogP contribution in [-0.4, -0.2) is 11.5 Å². The van der Waals surface area contributed by atoms with E-state index in [1.54, 1.807) is 11.3 Å². The molecule has 0 saturated carbocycles. The topological polar surface area (TPSA) is 24.9 Å². The van der Waals surface area contributed by atoms with E-state index in [-0.39, 0.29) is 0 Å². The summed E-state index contributed by atoms with van der Waals surface area (Å²) < 4.78 is 0. The molecule has 0 radical (unpaired) electrons. The van der Waals surface area contributed by atoms with E-state index in [0.29, 0.717) is 0 Å². The zero-order valence-corrected chi connectivity index (χ0v) is 12.4. The lowest BCUT2D eigenvalue weighted by molar-refractivity contribution is 0.673. The van der Waals surface area contributed by atoms with Crippen LogP contribution < -0.4 is 5.32 Å². The molecule has 2 aromatic carbocycles. The van der Waals surface area contributed by atoms with Crippen molar-refractivity contribution in [3.05, 3.63) is 52.9 Å². The van der Waals surface area contributed by atoms with E-state index < -0.39 is 0 Å². The number of fused-ring (bicyclic) bond motifs is 1. The molecule has 0 unspecified atom stereocenters. The molecule has 1 aromatic heterocycles. The molecule has 2 nitrogen and oxygen atoms in total. The maximum Gasteiger partial charge on any atom is 0.107 e. The van der Waals surface area contributed by atoms with Crippen LogP contribution in [0.1, 0.15) is 18.4 Å². The zero-order valence-electron chi connectivity index (χ0n) is 11.6. The Morgan fingerprint density at radius 3 is 2.85 bits per heavy atom. The highest BCUT2D eigenvalue weighted by Gasteiger charge is 2.07. The van der Waals surface area contributed by atoms with Crippen molar-refractivity contribution in [3.63, 3.8) is 0 Å². The van der Waals surface area contributed by atoms with Crippen LogP contribution in [0.15, 0.2) is 47.8 Å². The Hall–Kier alpha value is -1.71. The van der Waals surface area contributed by atoms with E-state index in [1.807, 2.05) is 0 Å². The van der Waals surface area contributed by atoms with Crippen molar-refractivity contribution in [2.24, 2.45) is 0 Å². The summed E-state index contributed by atoms with van der Waals surface area (Å²) in [4.78, 5) is 4.76. The Morgan fingerprint density at radius 1 is 1.10 bits per heavy atom. The average Bonchev–Trinajstić information content (AvgIpc) is 2.96. The highest BCUT2D eigenvalue weighted by Crippen LogP contribution is 2.29. The number of nitrogens with one attached hydrogen (secondary N) is 1. The molecule has 3 aromatic rings. The van der Waals surface area contributed by atoms with E-state index in [4.69, 9.17) is 4.98 Å². The van der Waals surface area contributed by atoms with Gasteiger partial charge in [-0.3, -0.25) is 0 Å². The second kappa shape index (κ2) is 6.16. The fraction of sp³-hybridized carbons (Fsp3) is 0.235. The number of hydrogen-bond acceptors (Lipinski definition) is 3. The molecule has 0 atom stereocenters. The molecule has 20 heavy (non-hydrogen) atoms. The van der Waals surface area contributed by atoms with E-state index in [1.165, 1.54) is 16.3 Å². The predicted molar refractivity (Wildman–Crippen MR) is 87.1 cm³/mol. The third-order valence-electron chi connectivity index (χ3n) is 3.32. The SMILES string of the molecule is CCCNCc1nc(-c2cccc3ccccc23)cs1. The summed E-state index contributed by atoms with van der Waals surface area (Å²) in [6, 6.07) is 14.9. The predicted octanol–water partition coefficient (Wildman–Crippen LogP) is 4.46. The number of rotatable bonds is 5. The summed E-state index contributed by atoms with van der Waals surface area (Å²) in [5, 5.41) is 9.25. The van der Waals surface area contributed by atoms with E-state index >= 15 is 0 Å². The van der Waals surface area contributed by atoms with Gasteiger partial charge in [-0.05, 0) is 23.7 Å². The minimum Gasteiger partial charge on any atom is -0.310 e. The molecule has 0 aliphatic heterocycles. The summed E-state index contributed by atoms with van der Waals surface area (Å²) in [6.07, 6.45) is 1.15. The van der Waals surface area contributed by atoms with Crippen molar-refractivity contribution < 1.29 is 0 Å². The number of benzene rings is 2. The van der Waals surface area contributed by atoms with Crippen LogP contribution in [0.4, 0.5) is 0 Å². The molecule has 1 heterocycles. The van der Waals surface area contributed by atoms with Crippen LogP contribution in [0.2, 0.25) is 0 Å². The van der Waals surface area contributed by atoms with Crippen molar-refractivity contribution in [3.8, 4) is 11.3 Å². The highest BCUT2D eigenvalue weighted by atomic mass is 32.1. The third kappa shape index (κ3) is 2.74. The molecular formula is C17H18N2S. The van der Waals surface area contributed by atoms with Gasteiger partial charge < -0.3 is 5.32 Å². The smallest absolute Gasteiger partial charge is 0.107 e. The molecule has 0 aliphatic rings. The summed E-state index contributed by atoms with van der Waals surface area (Å²) in [5.74, 6) is 0. The number of thiazole rings is 1. The molecule has 0 saturated heterocycles. The lowest BCUT2D eigenvalue weighted by Gasteiger charge is -2.03. The van der Waals surface area contributed by atoms with Crippen molar-refractivity contribution in [1.29, 1.82) is 0 Å². The van der Waals surface area contributed by atoms with Crippen LogP contribution in [-0.2, 0) is 6.54 Å². The van der Waals surface area contributed by atoms with E-state index in [9.17, 15) is 0 Å². The van der Waals surface area contributed by atoms with Crippen molar-refractivity contribution in [2.45, 2.75) is 19.9 Å². The number of nitrogens with zero attached hydrogens (tertiary/aromatic N) is 1. The normalized spacial score (nSPS) is 11.1. The second-order valence-electron chi connectivity index (χ2n) is 4.83. The fourth-order valence-corrected chi connectivity index (χ4v) is 3.10. The van der Waals surface area contributed by atoms with Crippen LogP contribution in [0.25, 0.3) is 22.0 Å². The van der Waals surface area contributed by atoms with Crippen molar-refractivity contribution in [1.82, 2.24) is 10.3 Å². The summed E-state index contributed by atoms with van der Waals surface area (Å²) in [7, 11) is 0. The zero-order chi connectivity index (χ0) is 13.8. The molecular weight excluding hydrogens is 264 g/mol. The molecule has 0 aliphatic carbocycles. The first-order valence-electron chi connectivity index (χ1n) is 7.01. The average molecular weight is 282 g/mol. The summed E-state index contributed by atoms with van der Waals surface area (Å²) >= 11 is 1.73. The molecule has 3 heteroatoms. The van der Waals surface area contributed by atoms with Gasteiger partial charge in [0.1, 0.15) is 5.01 Å². The van der Waals surface area contributed by atoms with Gasteiger partial charge in [0.25, 0.3) is 0 Å². The van der Waals surface area contributed by atoms with Gasteiger partial charge in [-0.2, -0.15) is 0 Å². The molecule has 0 amide bonds. The molecule has 102 valence electrons. The van der Waals surface area contributed by atoms with Gasteiger partial charge in [-0.25, -0.2) is 4.98 Å².